The van der Waals surface area contributed by atoms with Crippen LogP contribution in [0, 0.1) is 0 Å². The molecular formula is C35H38ClN3O4S. The minimum absolute atomic E-state index is 0.0442. The van der Waals surface area contributed by atoms with Gasteiger partial charge in [-0.1, -0.05) is 110 Å². The first kappa shape index (κ1) is 31.7. The van der Waals surface area contributed by atoms with E-state index in [1.807, 2.05) is 66.7 Å². The molecule has 0 saturated heterocycles. The molecule has 44 heavy (non-hydrogen) atoms. The van der Waals surface area contributed by atoms with Crippen LogP contribution in [0.4, 0.5) is 0 Å². The van der Waals surface area contributed by atoms with E-state index in [-0.39, 0.29) is 29.8 Å². The van der Waals surface area contributed by atoms with E-state index in [1.54, 1.807) is 30.3 Å². The van der Waals surface area contributed by atoms with Crippen molar-refractivity contribution < 1.29 is 18.0 Å². The predicted octanol–water partition coefficient (Wildman–Crippen LogP) is 6.20. The zero-order chi connectivity index (χ0) is 31.1. The molecule has 1 aliphatic rings. The minimum Gasteiger partial charge on any atom is -0.352 e. The van der Waals surface area contributed by atoms with Crippen LogP contribution in [0.5, 0.6) is 0 Å². The van der Waals surface area contributed by atoms with Crippen molar-refractivity contribution in [2.75, 3.05) is 13.6 Å². The van der Waals surface area contributed by atoms with Gasteiger partial charge in [0.25, 0.3) is 0 Å². The van der Waals surface area contributed by atoms with Gasteiger partial charge in [0.15, 0.2) is 0 Å². The van der Waals surface area contributed by atoms with Gasteiger partial charge in [0.1, 0.15) is 6.04 Å². The number of amides is 2. The van der Waals surface area contributed by atoms with E-state index in [0.717, 1.165) is 52.7 Å². The van der Waals surface area contributed by atoms with Crippen molar-refractivity contribution in [3.63, 3.8) is 0 Å². The first-order valence-electron chi connectivity index (χ1n) is 15.0. The molecule has 1 saturated carbocycles. The van der Waals surface area contributed by atoms with E-state index in [9.17, 15) is 18.0 Å². The Bertz CT molecular complexity index is 1710. The Morgan fingerprint density at radius 3 is 2.25 bits per heavy atom. The topological polar surface area (TPSA) is 86.8 Å². The van der Waals surface area contributed by atoms with Crippen LogP contribution in [0.2, 0.25) is 5.02 Å². The molecule has 230 valence electrons. The lowest BCUT2D eigenvalue weighted by molar-refractivity contribution is -0.141. The van der Waals surface area contributed by atoms with Crippen LogP contribution in [0.1, 0.15) is 43.2 Å². The third-order valence-corrected chi connectivity index (χ3v) is 10.5. The molecule has 0 aromatic heterocycles. The van der Waals surface area contributed by atoms with Crippen molar-refractivity contribution in [1.82, 2.24) is 14.5 Å². The molecule has 1 N–H and O–H groups in total. The summed E-state index contributed by atoms with van der Waals surface area (Å²) >= 11 is 6.53. The van der Waals surface area contributed by atoms with Crippen LogP contribution in [0.15, 0.2) is 102 Å². The zero-order valence-corrected chi connectivity index (χ0v) is 26.4. The Kier molecular flexibility index (Phi) is 10.4. The highest BCUT2D eigenvalue weighted by Crippen LogP contribution is 2.24. The van der Waals surface area contributed by atoms with Crippen LogP contribution in [0.3, 0.4) is 0 Å². The number of halogens is 1. The average Bonchev–Trinajstić information content (AvgIpc) is 3.04. The molecule has 4 aromatic carbocycles. The average molecular weight is 632 g/mol. The number of rotatable bonds is 11. The number of sulfonamides is 1. The van der Waals surface area contributed by atoms with E-state index < -0.39 is 28.5 Å². The molecule has 1 aliphatic carbocycles. The molecule has 4 aromatic rings. The molecule has 9 heteroatoms. The van der Waals surface area contributed by atoms with Crippen molar-refractivity contribution in [3.8, 4) is 0 Å². The lowest BCUT2D eigenvalue weighted by Crippen LogP contribution is -2.54. The summed E-state index contributed by atoms with van der Waals surface area (Å²) in [4.78, 5) is 29.8. The number of carbonyl (C=O) groups excluding carboxylic acids is 2. The maximum atomic E-state index is 14.2. The number of hydrogen-bond donors (Lipinski definition) is 1. The van der Waals surface area contributed by atoms with E-state index in [2.05, 4.69) is 5.32 Å². The Labute approximate surface area is 264 Å². The summed E-state index contributed by atoms with van der Waals surface area (Å²) < 4.78 is 28.4. The number of nitrogens with one attached hydrogen (secondary N) is 1. The predicted molar refractivity (Wildman–Crippen MR) is 175 cm³/mol. The minimum atomic E-state index is -4.01. The quantitative estimate of drug-likeness (QED) is 0.213. The Morgan fingerprint density at radius 2 is 1.52 bits per heavy atom. The molecule has 1 unspecified atom stereocenters. The summed E-state index contributed by atoms with van der Waals surface area (Å²) in [6, 6.07) is 28.3. The smallest absolute Gasteiger partial charge is 0.243 e. The summed E-state index contributed by atoms with van der Waals surface area (Å²) in [5.41, 5.74) is 1.57. The van der Waals surface area contributed by atoms with Gasteiger partial charge in [-0.2, -0.15) is 4.31 Å². The molecule has 5 rings (SSSR count). The van der Waals surface area contributed by atoms with Crippen LogP contribution < -0.4 is 5.32 Å². The van der Waals surface area contributed by atoms with Gasteiger partial charge in [-0.15, -0.1) is 0 Å². The van der Waals surface area contributed by atoms with Crippen molar-refractivity contribution in [2.24, 2.45) is 0 Å². The maximum absolute atomic E-state index is 14.2. The van der Waals surface area contributed by atoms with Gasteiger partial charge in [-0.25, -0.2) is 8.42 Å². The Hall–Kier alpha value is -3.72. The fraction of sp³-hybridized carbons (Fsp3) is 0.314. The second kappa shape index (κ2) is 14.4. The van der Waals surface area contributed by atoms with E-state index in [0.29, 0.717) is 10.6 Å². The molecule has 7 nitrogen and oxygen atoms in total. The third-order valence-electron chi connectivity index (χ3n) is 8.31. The van der Waals surface area contributed by atoms with Crippen LogP contribution in [-0.2, 0) is 32.6 Å². The van der Waals surface area contributed by atoms with E-state index in [4.69, 9.17) is 11.6 Å². The summed E-state index contributed by atoms with van der Waals surface area (Å²) in [5, 5.41) is 5.38. The molecule has 0 radical (unpaired) electrons. The van der Waals surface area contributed by atoms with Crippen molar-refractivity contribution >= 4 is 44.2 Å². The number of nitrogens with zero attached hydrogens (tertiary/aromatic N) is 2. The second-order valence-electron chi connectivity index (χ2n) is 11.4. The molecule has 0 aliphatic heterocycles. The molecule has 1 atom stereocenters. The van der Waals surface area contributed by atoms with Gasteiger partial charge in [0.2, 0.25) is 21.8 Å². The Morgan fingerprint density at radius 1 is 0.864 bits per heavy atom. The highest BCUT2D eigenvalue weighted by Gasteiger charge is 2.34. The third kappa shape index (κ3) is 7.67. The van der Waals surface area contributed by atoms with Crippen molar-refractivity contribution in [2.45, 2.75) is 62.0 Å². The monoisotopic (exact) mass is 631 g/mol. The second-order valence-corrected chi connectivity index (χ2v) is 13.9. The molecular weight excluding hydrogens is 594 g/mol. The number of benzene rings is 4. The molecule has 0 bridgehead atoms. The molecule has 0 spiro atoms. The maximum Gasteiger partial charge on any atom is 0.243 e. The fourth-order valence-corrected chi connectivity index (χ4v) is 7.13. The van der Waals surface area contributed by atoms with Crippen LogP contribution in [-0.4, -0.2) is 55.1 Å². The fourth-order valence-electron chi connectivity index (χ4n) is 5.78. The van der Waals surface area contributed by atoms with Crippen LogP contribution >= 0.6 is 11.6 Å². The lowest BCUT2D eigenvalue weighted by atomic mass is 9.94. The summed E-state index contributed by atoms with van der Waals surface area (Å²) in [6.07, 6.45) is 5.32. The number of hydrogen-bond acceptors (Lipinski definition) is 4. The summed E-state index contributed by atoms with van der Waals surface area (Å²) in [7, 11) is -2.62. The van der Waals surface area contributed by atoms with E-state index >= 15 is 0 Å². The van der Waals surface area contributed by atoms with Gasteiger partial charge in [-0.05, 0) is 52.9 Å². The van der Waals surface area contributed by atoms with Gasteiger partial charge in [0.05, 0.1) is 11.4 Å². The van der Waals surface area contributed by atoms with Crippen LogP contribution in [0.25, 0.3) is 10.8 Å². The lowest BCUT2D eigenvalue weighted by Gasteiger charge is -2.34. The number of carbonyl (C=O) groups is 2. The zero-order valence-electron chi connectivity index (χ0n) is 24.9. The summed E-state index contributed by atoms with van der Waals surface area (Å²) in [6.45, 7) is -0.389. The molecule has 1 fully saturated rings. The Balaban J connectivity index is 1.46. The van der Waals surface area contributed by atoms with E-state index in [1.165, 1.54) is 11.9 Å². The number of likely N-dealkylation sites (N-methyl/N-ethyl adjacent to an activating group) is 1. The highest BCUT2D eigenvalue weighted by molar-refractivity contribution is 7.89. The van der Waals surface area contributed by atoms with Gasteiger partial charge >= 0.3 is 0 Å². The van der Waals surface area contributed by atoms with Crippen molar-refractivity contribution in [1.29, 1.82) is 0 Å². The SMILES string of the molecule is CN(CC(=O)N(Cc1ccccc1Cl)C(Cc1ccccc1)C(=O)NC1CCCCC1)S(=O)(=O)c1ccc2ccccc2c1. The molecule has 2 amide bonds. The van der Waals surface area contributed by atoms with Crippen molar-refractivity contribution in [3.05, 3.63) is 113 Å². The van der Waals surface area contributed by atoms with Gasteiger partial charge in [0, 0.05) is 31.1 Å². The van der Waals surface area contributed by atoms with Gasteiger partial charge < -0.3 is 10.2 Å². The number of fused-ring (bicyclic) bond motifs is 1. The normalized spacial score (nSPS) is 14.8. The largest absolute Gasteiger partial charge is 0.352 e. The standard InChI is InChI=1S/C35H38ClN3O4S/c1-38(44(42,43)31-21-20-27-14-8-9-15-28(27)23-31)25-34(40)39(24-29-16-10-11-19-32(29)36)33(22-26-12-4-2-5-13-26)35(41)37-30-17-6-3-7-18-30/h2,4-5,8-16,19-21,23,30,33H,3,6-7,17-18,22,24-25H2,1H3,(H,37,41). The first-order valence-corrected chi connectivity index (χ1v) is 16.9. The molecule has 0 heterocycles. The van der Waals surface area contributed by atoms with Gasteiger partial charge in [-0.3, -0.25) is 9.59 Å². The first-order chi connectivity index (χ1) is 21.2. The highest BCUT2D eigenvalue weighted by atomic mass is 35.5. The summed E-state index contributed by atoms with van der Waals surface area (Å²) in [5.74, 6) is -0.738.